The summed E-state index contributed by atoms with van der Waals surface area (Å²) in [7, 11) is 0. The molecule has 4 aromatic rings. The summed E-state index contributed by atoms with van der Waals surface area (Å²) >= 11 is 0. The summed E-state index contributed by atoms with van der Waals surface area (Å²) in [6, 6.07) is 6.57. The average Bonchev–Trinajstić information content (AvgIpc) is 3.55. The highest BCUT2D eigenvalue weighted by Gasteiger charge is 2.51. The number of halogens is 5. The van der Waals surface area contributed by atoms with Crippen LogP contribution in [0.25, 0.3) is 22.3 Å². The lowest BCUT2D eigenvalue weighted by molar-refractivity contribution is -0.150. The number of anilines is 1. The number of ether oxygens (including phenoxy) is 1. The standard InChI is InChI=1S/C41H48F5N7O4/c1-24(2)40(37(55)56,26-7-4-6-25(3)20-26)51-36(54)31-22-49-35(50-34(31)41(44,45)46)32-23-53(27-10-14-39(42,43)15-11-27)33-21-29(8-9-30(32)33)57-28-12-18-52(19-13-28)38-47-16-5-17-48-38/h5,8-9,16-17,21-28H,4,6-7,10-15,18-20H2,1-3H3,(H,51,54)(H,55,56). The van der Waals surface area contributed by atoms with Gasteiger partial charge in [0.25, 0.3) is 5.91 Å². The molecule has 3 aliphatic rings. The minimum Gasteiger partial charge on any atom is -0.490 e. The number of carbonyl (C=O) groups is 2. The van der Waals surface area contributed by atoms with Crippen molar-refractivity contribution in [2.24, 2.45) is 17.8 Å². The number of rotatable bonds is 10. The van der Waals surface area contributed by atoms with E-state index in [4.69, 9.17) is 4.74 Å². The number of aliphatic carboxylic acids is 1. The summed E-state index contributed by atoms with van der Waals surface area (Å²) in [5.74, 6) is -5.43. The van der Waals surface area contributed by atoms with Gasteiger partial charge in [-0.25, -0.2) is 33.5 Å². The Morgan fingerprint density at radius 1 is 1.00 bits per heavy atom. The SMILES string of the molecule is CC1CCCC(C(NC(=O)c2cnc(-c3cn(C4CCC(F)(F)CC4)c4cc(OC5CCN(c6ncccn6)CC5)ccc34)nc2C(F)(F)F)(C(=O)O)C(C)C)C1. The minimum atomic E-state index is -5.11. The lowest BCUT2D eigenvalue weighted by atomic mass is 9.66. The molecule has 3 aromatic heterocycles. The number of amides is 1. The van der Waals surface area contributed by atoms with Crippen LogP contribution < -0.4 is 15.0 Å². The van der Waals surface area contributed by atoms with Gasteiger partial charge in [0, 0.05) is 86.6 Å². The van der Waals surface area contributed by atoms with E-state index in [9.17, 15) is 36.6 Å². The number of nitrogens with zero attached hydrogens (tertiary/aromatic N) is 6. The Morgan fingerprint density at radius 2 is 1.70 bits per heavy atom. The third kappa shape index (κ3) is 8.27. The number of nitrogens with one attached hydrogen (secondary N) is 1. The molecule has 16 heteroatoms. The van der Waals surface area contributed by atoms with Gasteiger partial charge in [-0.15, -0.1) is 0 Å². The summed E-state index contributed by atoms with van der Waals surface area (Å²) in [5, 5.41) is 13.5. The maximum atomic E-state index is 14.8. The molecule has 2 N–H and O–H groups in total. The number of carboxylic acids is 1. The number of hydrogen-bond acceptors (Lipinski definition) is 8. The fraction of sp³-hybridized carbons (Fsp3) is 0.561. The minimum absolute atomic E-state index is 0.132. The summed E-state index contributed by atoms with van der Waals surface area (Å²) in [6.45, 7) is 6.63. The van der Waals surface area contributed by atoms with Crippen LogP contribution in [0.5, 0.6) is 5.75 Å². The Labute approximate surface area is 327 Å². The molecule has 1 aliphatic heterocycles. The van der Waals surface area contributed by atoms with Crippen LogP contribution in [0.2, 0.25) is 0 Å². The fourth-order valence-corrected chi connectivity index (χ4v) is 9.10. The molecule has 7 rings (SSSR count). The molecule has 57 heavy (non-hydrogen) atoms. The first-order valence-electron chi connectivity index (χ1n) is 19.8. The molecule has 0 bridgehead atoms. The first-order chi connectivity index (χ1) is 27.1. The highest BCUT2D eigenvalue weighted by molar-refractivity contribution is 6.00. The Hall–Kier alpha value is -4.89. The number of piperidine rings is 1. The molecule has 0 spiro atoms. The van der Waals surface area contributed by atoms with Crippen LogP contribution in [0.15, 0.2) is 49.1 Å². The Kier molecular flexibility index (Phi) is 11.2. The van der Waals surface area contributed by atoms with E-state index in [1.807, 2.05) is 6.92 Å². The zero-order valence-electron chi connectivity index (χ0n) is 32.2. The predicted molar refractivity (Wildman–Crippen MR) is 202 cm³/mol. The quantitative estimate of drug-likeness (QED) is 0.151. The average molecular weight is 798 g/mol. The summed E-state index contributed by atoms with van der Waals surface area (Å²) in [5.41, 5.74) is -3.42. The smallest absolute Gasteiger partial charge is 0.434 e. The second-order valence-corrected chi connectivity index (χ2v) is 16.3. The number of carboxylic acid groups (broad SMARTS) is 1. The molecule has 3 atom stereocenters. The lowest BCUT2D eigenvalue weighted by Crippen LogP contribution is -2.63. The Morgan fingerprint density at radius 3 is 2.33 bits per heavy atom. The number of aromatic nitrogens is 5. The molecule has 0 radical (unpaired) electrons. The molecule has 1 saturated heterocycles. The van der Waals surface area contributed by atoms with Gasteiger partial charge < -0.3 is 24.6 Å². The van der Waals surface area contributed by atoms with Gasteiger partial charge >= 0.3 is 12.1 Å². The number of fused-ring (bicyclic) bond motifs is 1. The molecule has 1 aromatic carbocycles. The third-order valence-electron chi connectivity index (χ3n) is 12.2. The van der Waals surface area contributed by atoms with Crippen LogP contribution in [0.4, 0.5) is 27.9 Å². The van der Waals surface area contributed by atoms with E-state index in [1.54, 1.807) is 61.3 Å². The molecule has 306 valence electrons. The van der Waals surface area contributed by atoms with Gasteiger partial charge in [0.05, 0.1) is 11.1 Å². The highest BCUT2D eigenvalue weighted by Crippen LogP contribution is 2.44. The first-order valence-corrected chi connectivity index (χ1v) is 19.8. The molecule has 3 fully saturated rings. The predicted octanol–water partition coefficient (Wildman–Crippen LogP) is 8.74. The van der Waals surface area contributed by atoms with E-state index < -0.39 is 52.6 Å². The highest BCUT2D eigenvalue weighted by atomic mass is 19.4. The van der Waals surface area contributed by atoms with Gasteiger partial charge in [-0.3, -0.25) is 4.79 Å². The van der Waals surface area contributed by atoms with Gasteiger partial charge in [-0.1, -0.05) is 33.6 Å². The van der Waals surface area contributed by atoms with Crippen molar-refractivity contribution in [1.82, 2.24) is 29.8 Å². The molecule has 11 nitrogen and oxygen atoms in total. The van der Waals surface area contributed by atoms with Crippen molar-refractivity contribution in [2.75, 3.05) is 18.0 Å². The van der Waals surface area contributed by atoms with Gasteiger partial charge in [0.15, 0.2) is 11.5 Å². The molecular formula is C41H48F5N7O4. The lowest BCUT2D eigenvalue weighted by Gasteiger charge is -2.44. The van der Waals surface area contributed by atoms with Crippen molar-refractivity contribution in [3.8, 4) is 17.1 Å². The number of benzene rings is 1. The van der Waals surface area contributed by atoms with Crippen LogP contribution >= 0.6 is 0 Å². The number of carbonyl (C=O) groups excluding carboxylic acids is 1. The van der Waals surface area contributed by atoms with Crippen LogP contribution in [-0.2, 0) is 11.0 Å². The van der Waals surface area contributed by atoms with Crippen LogP contribution in [-0.4, -0.2) is 72.1 Å². The zero-order chi connectivity index (χ0) is 40.7. The maximum absolute atomic E-state index is 14.8. The van der Waals surface area contributed by atoms with Crippen LogP contribution in [0.3, 0.4) is 0 Å². The topological polar surface area (TPSA) is 135 Å². The third-order valence-corrected chi connectivity index (χ3v) is 12.2. The van der Waals surface area contributed by atoms with E-state index >= 15 is 0 Å². The summed E-state index contributed by atoms with van der Waals surface area (Å²) in [4.78, 5) is 45.7. The van der Waals surface area contributed by atoms with E-state index in [1.165, 1.54) is 0 Å². The van der Waals surface area contributed by atoms with Crippen LogP contribution in [0, 0.1) is 17.8 Å². The largest absolute Gasteiger partial charge is 0.490 e. The Balaban J connectivity index is 1.22. The molecule has 4 heterocycles. The second kappa shape index (κ2) is 15.8. The van der Waals surface area contributed by atoms with Crippen molar-refractivity contribution in [3.05, 3.63) is 60.3 Å². The van der Waals surface area contributed by atoms with E-state index in [2.05, 4.69) is 30.2 Å². The zero-order valence-corrected chi connectivity index (χ0v) is 32.2. The summed E-state index contributed by atoms with van der Waals surface area (Å²) in [6.07, 6.45) is 4.19. The van der Waals surface area contributed by atoms with Gasteiger partial charge in [-0.2, -0.15) is 13.2 Å². The summed E-state index contributed by atoms with van der Waals surface area (Å²) < 4.78 is 81.3. The second-order valence-electron chi connectivity index (χ2n) is 16.3. The van der Waals surface area contributed by atoms with Crippen molar-refractivity contribution < 1.29 is 41.4 Å². The molecule has 1 amide bonds. The van der Waals surface area contributed by atoms with Gasteiger partial charge in [0.2, 0.25) is 11.9 Å². The number of alkyl halides is 5. The van der Waals surface area contributed by atoms with E-state index in [0.29, 0.717) is 61.4 Å². The van der Waals surface area contributed by atoms with Crippen molar-refractivity contribution in [2.45, 2.75) is 115 Å². The monoisotopic (exact) mass is 797 g/mol. The normalized spacial score (nSPS) is 22.0. The van der Waals surface area contributed by atoms with Gasteiger partial charge in [0.1, 0.15) is 17.4 Å². The fourth-order valence-electron chi connectivity index (χ4n) is 9.10. The first kappa shape index (κ1) is 40.3. The van der Waals surface area contributed by atoms with Crippen molar-refractivity contribution >= 4 is 28.7 Å². The molecule has 2 saturated carbocycles. The molecule has 2 aliphatic carbocycles. The van der Waals surface area contributed by atoms with Gasteiger partial charge in [-0.05, 0) is 61.6 Å². The van der Waals surface area contributed by atoms with E-state index in [-0.39, 0.29) is 55.1 Å². The molecule has 3 unspecified atom stereocenters. The maximum Gasteiger partial charge on any atom is 0.434 e. The van der Waals surface area contributed by atoms with Crippen molar-refractivity contribution in [3.63, 3.8) is 0 Å². The Bertz CT molecular complexity index is 2080. The van der Waals surface area contributed by atoms with Crippen LogP contribution in [0.1, 0.15) is 107 Å². The molecular weight excluding hydrogens is 749 g/mol. The van der Waals surface area contributed by atoms with Crippen molar-refractivity contribution in [1.29, 1.82) is 0 Å². The van der Waals surface area contributed by atoms with E-state index in [0.717, 1.165) is 19.0 Å². The number of hydrogen-bond donors (Lipinski definition) is 2.